The number of rotatable bonds is 4. The number of aliphatic hydroxyl groups excluding tert-OH is 1. The largest absolute Gasteiger partial charge is 0.395 e. The molecule has 0 aliphatic rings. The zero-order valence-electron chi connectivity index (χ0n) is 7.98. The summed E-state index contributed by atoms with van der Waals surface area (Å²) in [4.78, 5) is 0. The van der Waals surface area contributed by atoms with E-state index in [9.17, 15) is 8.42 Å². The van der Waals surface area contributed by atoms with Crippen molar-refractivity contribution < 1.29 is 13.5 Å². The number of aliphatic hydroxyl groups is 1. The number of sulfonamides is 1. The molecule has 0 amide bonds. The molecular weight excluding hydrogens is 178 g/mol. The number of nitrogens with zero attached hydrogens (tertiary/aromatic N) is 1. The monoisotopic (exact) mass is 195 g/mol. The van der Waals surface area contributed by atoms with Gasteiger partial charge in [0.25, 0.3) is 0 Å². The predicted octanol–water partition coefficient (Wildman–Crippen LogP) is 0.0372. The topological polar surface area (TPSA) is 57.6 Å². The average Bonchev–Trinajstić information content (AvgIpc) is 2.01. The standard InChI is InChI=1S/C7H17NO3S/c1-6(2)12(10,11)8(4)7(3)5-9/h6-7,9H,5H2,1-4H3. The highest BCUT2D eigenvalue weighted by Crippen LogP contribution is 2.09. The number of likely N-dealkylation sites (N-methyl/N-ethyl adjacent to an activating group) is 1. The van der Waals surface area contributed by atoms with E-state index in [1.807, 2.05) is 0 Å². The van der Waals surface area contributed by atoms with Crippen molar-refractivity contribution in [3.05, 3.63) is 0 Å². The van der Waals surface area contributed by atoms with Crippen LogP contribution in [0, 0.1) is 0 Å². The molecule has 0 radical (unpaired) electrons. The summed E-state index contributed by atoms with van der Waals surface area (Å²) in [6.07, 6.45) is 0. The van der Waals surface area contributed by atoms with Crippen LogP contribution in [0.25, 0.3) is 0 Å². The molecule has 5 heteroatoms. The van der Waals surface area contributed by atoms with E-state index in [4.69, 9.17) is 5.11 Å². The van der Waals surface area contributed by atoms with Gasteiger partial charge in [0.2, 0.25) is 10.0 Å². The van der Waals surface area contributed by atoms with Crippen molar-refractivity contribution in [2.45, 2.75) is 32.1 Å². The molecule has 1 N–H and O–H groups in total. The number of hydrogen-bond acceptors (Lipinski definition) is 3. The Balaban J connectivity index is 4.58. The Bertz CT molecular complexity index is 223. The van der Waals surface area contributed by atoms with Gasteiger partial charge in [-0.1, -0.05) is 0 Å². The fourth-order valence-corrected chi connectivity index (χ4v) is 1.93. The zero-order chi connectivity index (χ0) is 9.94. The van der Waals surface area contributed by atoms with E-state index in [0.717, 1.165) is 0 Å². The maximum absolute atomic E-state index is 11.4. The third-order valence-corrected chi connectivity index (χ3v) is 4.24. The van der Waals surface area contributed by atoms with Gasteiger partial charge in [0.05, 0.1) is 11.9 Å². The van der Waals surface area contributed by atoms with E-state index in [-0.39, 0.29) is 12.6 Å². The third kappa shape index (κ3) is 2.43. The van der Waals surface area contributed by atoms with Gasteiger partial charge in [0.1, 0.15) is 0 Å². The molecule has 0 saturated heterocycles. The fraction of sp³-hybridized carbons (Fsp3) is 1.00. The summed E-state index contributed by atoms with van der Waals surface area (Å²) in [5, 5.41) is 8.31. The first-order valence-electron chi connectivity index (χ1n) is 3.91. The lowest BCUT2D eigenvalue weighted by Gasteiger charge is -2.24. The Morgan fingerprint density at radius 1 is 1.33 bits per heavy atom. The van der Waals surface area contributed by atoms with Crippen LogP contribution < -0.4 is 0 Å². The smallest absolute Gasteiger partial charge is 0.216 e. The molecule has 0 aliphatic carbocycles. The van der Waals surface area contributed by atoms with E-state index in [2.05, 4.69) is 0 Å². The second kappa shape index (κ2) is 4.20. The van der Waals surface area contributed by atoms with Gasteiger partial charge in [-0.15, -0.1) is 0 Å². The van der Waals surface area contributed by atoms with Crippen molar-refractivity contribution in [1.29, 1.82) is 0 Å². The summed E-state index contributed by atoms with van der Waals surface area (Å²) in [6, 6.07) is -0.350. The van der Waals surface area contributed by atoms with Crippen LogP contribution in [0.4, 0.5) is 0 Å². The normalized spacial score (nSPS) is 15.6. The van der Waals surface area contributed by atoms with Crippen molar-refractivity contribution in [1.82, 2.24) is 4.31 Å². The van der Waals surface area contributed by atoms with E-state index in [0.29, 0.717) is 0 Å². The molecule has 0 aromatic heterocycles. The maximum Gasteiger partial charge on any atom is 0.216 e. The highest BCUT2D eigenvalue weighted by atomic mass is 32.2. The minimum atomic E-state index is -3.21. The highest BCUT2D eigenvalue weighted by Gasteiger charge is 2.25. The first-order chi connectivity index (χ1) is 5.34. The molecule has 0 heterocycles. The Labute approximate surface area is 74.2 Å². The van der Waals surface area contributed by atoms with Crippen LogP contribution in [0.1, 0.15) is 20.8 Å². The SMILES string of the molecule is CC(CO)N(C)S(=O)(=O)C(C)C. The molecule has 1 unspecified atom stereocenters. The van der Waals surface area contributed by atoms with Gasteiger partial charge in [0.15, 0.2) is 0 Å². The van der Waals surface area contributed by atoms with Gasteiger partial charge in [-0.25, -0.2) is 8.42 Å². The molecule has 0 spiro atoms. The minimum Gasteiger partial charge on any atom is -0.395 e. The Morgan fingerprint density at radius 2 is 1.75 bits per heavy atom. The molecule has 0 saturated carbocycles. The van der Waals surface area contributed by atoms with Gasteiger partial charge in [-0.3, -0.25) is 0 Å². The van der Waals surface area contributed by atoms with Crippen molar-refractivity contribution >= 4 is 10.0 Å². The summed E-state index contributed by atoms with van der Waals surface area (Å²) in [5.41, 5.74) is 0. The van der Waals surface area contributed by atoms with Crippen molar-refractivity contribution in [3.63, 3.8) is 0 Å². The molecule has 0 aromatic rings. The van der Waals surface area contributed by atoms with Crippen LogP contribution in [-0.4, -0.2) is 42.8 Å². The van der Waals surface area contributed by atoms with Crippen LogP contribution >= 0.6 is 0 Å². The van der Waals surface area contributed by atoms with Crippen LogP contribution in [0.5, 0.6) is 0 Å². The lowest BCUT2D eigenvalue weighted by molar-refractivity contribution is 0.213. The summed E-state index contributed by atoms with van der Waals surface area (Å²) < 4.78 is 24.1. The summed E-state index contributed by atoms with van der Waals surface area (Å²) in [6.45, 7) is 4.76. The second-order valence-corrected chi connectivity index (χ2v) is 5.69. The molecular formula is C7H17NO3S. The van der Waals surface area contributed by atoms with Gasteiger partial charge >= 0.3 is 0 Å². The highest BCUT2D eigenvalue weighted by molar-refractivity contribution is 7.89. The lowest BCUT2D eigenvalue weighted by Crippen LogP contribution is -2.41. The van der Waals surface area contributed by atoms with Crippen molar-refractivity contribution in [2.75, 3.05) is 13.7 Å². The van der Waals surface area contributed by atoms with E-state index in [1.165, 1.54) is 11.4 Å². The molecule has 1 atom stereocenters. The number of hydrogen-bond donors (Lipinski definition) is 1. The maximum atomic E-state index is 11.4. The third-order valence-electron chi connectivity index (χ3n) is 1.88. The van der Waals surface area contributed by atoms with E-state index < -0.39 is 15.3 Å². The summed E-state index contributed by atoms with van der Waals surface area (Å²) >= 11 is 0. The first-order valence-corrected chi connectivity index (χ1v) is 5.42. The summed E-state index contributed by atoms with van der Waals surface area (Å²) in [7, 11) is -1.73. The van der Waals surface area contributed by atoms with Gasteiger partial charge < -0.3 is 5.11 Å². The molecule has 74 valence electrons. The van der Waals surface area contributed by atoms with E-state index in [1.54, 1.807) is 20.8 Å². The molecule has 0 rings (SSSR count). The molecule has 12 heavy (non-hydrogen) atoms. The van der Waals surface area contributed by atoms with Crippen LogP contribution in [0.3, 0.4) is 0 Å². The molecule has 0 fully saturated rings. The predicted molar refractivity (Wildman–Crippen MR) is 48.4 cm³/mol. The van der Waals surface area contributed by atoms with Crippen molar-refractivity contribution in [2.24, 2.45) is 0 Å². The van der Waals surface area contributed by atoms with Gasteiger partial charge in [-0.2, -0.15) is 4.31 Å². The molecule has 0 aliphatic heterocycles. The zero-order valence-corrected chi connectivity index (χ0v) is 8.80. The van der Waals surface area contributed by atoms with Gasteiger partial charge in [0, 0.05) is 13.1 Å². The minimum absolute atomic E-state index is 0.150. The van der Waals surface area contributed by atoms with Gasteiger partial charge in [-0.05, 0) is 20.8 Å². The first kappa shape index (κ1) is 11.9. The summed E-state index contributed by atoms with van der Waals surface area (Å²) in [5.74, 6) is 0. The fourth-order valence-electron chi connectivity index (χ4n) is 0.698. The van der Waals surface area contributed by atoms with E-state index >= 15 is 0 Å². The second-order valence-electron chi connectivity index (χ2n) is 3.14. The Kier molecular flexibility index (Phi) is 4.16. The quantitative estimate of drug-likeness (QED) is 0.689. The lowest BCUT2D eigenvalue weighted by atomic mass is 10.4. The molecule has 0 bridgehead atoms. The van der Waals surface area contributed by atoms with Crippen molar-refractivity contribution in [3.8, 4) is 0 Å². The van der Waals surface area contributed by atoms with Crippen LogP contribution in [0.2, 0.25) is 0 Å². The average molecular weight is 195 g/mol. The molecule has 0 aromatic carbocycles. The Morgan fingerprint density at radius 3 is 2.00 bits per heavy atom. The van der Waals surface area contributed by atoms with Crippen LogP contribution in [0.15, 0.2) is 0 Å². The molecule has 4 nitrogen and oxygen atoms in total. The Hall–Kier alpha value is -0.130. The van der Waals surface area contributed by atoms with Crippen LogP contribution in [-0.2, 0) is 10.0 Å².